The van der Waals surface area contributed by atoms with Crippen LogP contribution in [-0.4, -0.2) is 11.6 Å². The summed E-state index contributed by atoms with van der Waals surface area (Å²) in [6, 6.07) is 0. The van der Waals surface area contributed by atoms with Crippen LogP contribution in [0.4, 0.5) is 0 Å². The summed E-state index contributed by atoms with van der Waals surface area (Å²) >= 11 is 0. The van der Waals surface area contributed by atoms with Crippen LogP contribution in [0.5, 0.6) is 0 Å². The predicted molar refractivity (Wildman–Crippen MR) is 204 cm³/mol. The smallest absolute Gasteiger partial charge is 0.182 e. The van der Waals surface area contributed by atoms with E-state index >= 15 is 0 Å². The van der Waals surface area contributed by atoms with Gasteiger partial charge in [-0.15, -0.1) is 0 Å². The SMILES string of the molecule is CCCCCCCCCCCCCCCCCCC(CCCCCCCCCCCCCCCCCC)CC1=CC(=O)C=CC1=O. The molecule has 0 saturated carbocycles. The average Bonchev–Trinajstić information content (AvgIpc) is 3.05. The fraction of sp³-hybridized carbons (Fsp3) is 0.864. The molecular weight excluding hydrogens is 560 g/mol. The van der Waals surface area contributed by atoms with Crippen LogP contribution in [0.1, 0.15) is 239 Å². The van der Waals surface area contributed by atoms with Crippen molar-refractivity contribution in [2.24, 2.45) is 5.92 Å². The first-order valence-electron chi connectivity index (χ1n) is 21.1. The summed E-state index contributed by atoms with van der Waals surface area (Å²) in [4.78, 5) is 24.3. The van der Waals surface area contributed by atoms with Crippen LogP contribution >= 0.6 is 0 Å². The Labute approximate surface area is 288 Å². The van der Waals surface area contributed by atoms with Gasteiger partial charge in [0.15, 0.2) is 11.6 Å². The lowest BCUT2D eigenvalue weighted by atomic mass is 9.86. The lowest BCUT2D eigenvalue weighted by Crippen LogP contribution is -2.12. The van der Waals surface area contributed by atoms with Gasteiger partial charge in [0.25, 0.3) is 0 Å². The van der Waals surface area contributed by atoms with Crippen molar-refractivity contribution in [1.82, 2.24) is 0 Å². The number of hydrogen-bond acceptors (Lipinski definition) is 2. The molecule has 0 atom stereocenters. The van der Waals surface area contributed by atoms with Gasteiger partial charge in [-0.1, -0.05) is 232 Å². The van der Waals surface area contributed by atoms with Crippen LogP contribution in [0.2, 0.25) is 0 Å². The Morgan fingerprint density at radius 1 is 0.391 bits per heavy atom. The average molecular weight is 641 g/mol. The van der Waals surface area contributed by atoms with Crippen LogP contribution in [0.25, 0.3) is 0 Å². The van der Waals surface area contributed by atoms with Gasteiger partial charge < -0.3 is 0 Å². The van der Waals surface area contributed by atoms with Crippen LogP contribution in [0.3, 0.4) is 0 Å². The largest absolute Gasteiger partial charge is 0.290 e. The van der Waals surface area contributed by atoms with Crippen molar-refractivity contribution in [1.29, 1.82) is 0 Å². The van der Waals surface area contributed by atoms with Crippen LogP contribution in [0, 0.1) is 5.92 Å². The molecule has 268 valence electrons. The highest BCUT2D eigenvalue weighted by molar-refractivity contribution is 6.17. The second-order valence-corrected chi connectivity index (χ2v) is 15.0. The van der Waals surface area contributed by atoms with E-state index in [4.69, 9.17) is 0 Å². The molecule has 0 spiro atoms. The van der Waals surface area contributed by atoms with Crippen molar-refractivity contribution in [2.45, 2.75) is 239 Å². The van der Waals surface area contributed by atoms with E-state index in [9.17, 15) is 9.59 Å². The minimum absolute atomic E-state index is 0.0156. The molecule has 0 amide bonds. The van der Waals surface area contributed by atoms with Crippen molar-refractivity contribution < 1.29 is 9.59 Å². The first-order valence-corrected chi connectivity index (χ1v) is 21.1. The van der Waals surface area contributed by atoms with Gasteiger partial charge in [0.1, 0.15) is 0 Å². The highest BCUT2D eigenvalue weighted by Gasteiger charge is 2.18. The number of rotatable bonds is 36. The molecule has 0 aromatic rings. The third-order valence-corrected chi connectivity index (χ3v) is 10.5. The minimum Gasteiger partial charge on any atom is -0.290 e. The maximum atomic E-state index is 12.4. The summed E-state index contributed by atoms with van der Waals surface area (Å²) in [5.41, 5.74) is 0.755. The Balaban J connectivity index is 2.08. The molecular formula is C44H80O2. The molecule has 0 aliphatic heterocycles. The van der Waals surface area contributed by atoms with Gasteiger partial charge in [-0.05, 0) is 30.6 Å². The number of allylic oxidation sites excluding steroid dienone is 4. The second-order valence-electron chi connectivity index (χ2n) is 15.0. The maximum absolute atomic E-state index is 12.4. The van der Waals surface area contributed by atoms with Crippen molar-refractivity contribution in [2.75, 3.05) is 0 Å². The molecule has 2 nitrogen and oxygen atoms in total. The standard InChI is InChI=1S/C44H80O2/c1-3-5-7-9-11-13-15-17-19-21-23-25-27-29-31-33-35-41(39-42-40-43(45)37-38-44(42)46)36-34-32-30-28-26-24-22-20-18-16-14-12-10-8-6-4-2/h37-38,40-41H,3-36,39H2,1-2H3. The molecule has 0 aromatic carbocycles. The Kier molecular flexibility index (Phi) is 31.4. The minimum atomic E-state index is -0.0156. The molecule has 0 unspecified atom stereocenters. The number of carbonyl (C=O) groups is 2. The van der Waals surface area contributed by atoms with E-state index in [0.717, 1.165) is 12.0 Å². The number of ketones is 2. The molecule has 0 fully saturated rings. The Morgan fingerprint density at radius 2 is 0.674 bits per heavy atom. The lowest BCUT2D eigenvalue weighted by Gasteiger charge is -2.19. The summed E-state index contributed by atoms with van der Waals surface area (Å²) in [5, 5.41) is 0. The summed E-state index contributed by atoms with van der Waals surface area (Å²) in [6.45, 7) is 4.59. The van der Waals surface area contributed by atoms with E-state index < -0.39 is 0 Å². The normalized spacial score (nSPS) is 13.3. The molecule has 0 radical (unpaired) electrons. The van der Waals surface area contributed by atoms with Gasteiger partial charge in [0.05, 0.1) is 0 Å². The van der Waals surface area contributed by atoms with Gasteiger partial charge in [0.2, 0.25) is 0 Å². The molecule has 0 N–H and O–H groups in total. The van der Waals surface area contributed by atoms with E-state index in [1.807, 2.05) is 0 Å². The maximum Gasteiger partial charge on any atom is 0.182 e. The van der Waals surface area contributed by atoms with Crippen LogP contribution in [0.15, 0.2) is 23.8 Å². The topological polar surface area (TPSA) is 34.1 Å². The molecule has 0 bridgehead atoms. The molecule has 0 saturated heterocycles. The highest BCUT2D eigenvalue weighted by Crippen LogP contribution is 2.27. The Bertz CT molecular complexity index is 711. The fourth-order valence-electron chi connectivity index (χ4n) is 7.34. The molecule has 1 aliphatic rings. The summed E-state index contributed by atoms with van der Waals surface area (Å²) in [5.74, 6) is 0.592. The van der Waals surface area contributed by atoms with E-state index in [1.54, 1.807) is 6.08 Å². The van der Waals surface area contributed by atoms with Crippen molar-refractivity contribution in [3.05, 3.63) is 23.8 Å². The fourth-order valence-corrected chi connectivity index (χ4v) is 7.34. The van der Waals surface area contributed by atoms with Crippen molar-refractivity contribution >= 4 is 11.6 Å². The number of hydrogen-bond donors (Lipinski definition) is 0. The monoisotopic (exact) mass is 641 g/mol. The van der Waals surface area contributed by atoms with Gasteiger partial charge in [-0.3, -0.25) is 9.59 Å². The Hall–Kier alpha value is -1.18. The molecule has 0 heterocycles. The second kappa shape index (κ2) is 33.7. The molecule has 46 heavy (non-hydrogen) atoms. The van der Waals surface area contributed by atoms with E-state index in [2.05, 4.69) is 13.8 Å². The first-order chi connectivity index (χ1) is 22.7. The van der Waals surface area contributed by atoms with E-state index in [-0.39, 0.29) is 11.6 Å². The number of unbranched alkanes of at least 4 members (excludes halogenated alkanes) is 30. The van der Waals surface area contributed by atoms with Gasteiger partial charge in [-0.25, -0.2) is 0 Å². The van der Waals surface area contributed by atoms with Crippen LogP contribution < -0.4 is 0 Å². The number of carbonyl (C=O) groups excluding carboxylic acids is 2. The highest BCUT2D eigenvalue weighted by atomic mass is 16.1. The molecule has 0 aromatic heterocycles. The summed E-state index contributed by atoms with van der Waals surface area (Å²) in [6.07, 6.45) is 52.6. The zero-order valence-electron chi connectivity index (χ0n) is 31.4. The van der Waals surface area contributed by atoms with Crippen molar-refractivity contribution in [3.8, 4) is 0 Å². The van der Waals surface area contributed by atoms with E-state index in [1.165, 1.54) is 230 Å². The predicted octanol–water partition coefficient (Wildman–Crippen LogP) is 14.9. The molecule has 1 rings (SSSR count). The first kappa shape index (κ1) is 42.8. The van der Waals surface area contributed by atoms with Gasteiger partial charge in [-0.2, -0.15) is 0 Å². The third-order valence-electron chi connectivity index (χ3n) is 10.5. The van der Waals surface area contributed by atoms with Gasteiger partial charge in [0, 0.05) is 5.57 Å². The summed E-state index contributed by atoms with van der Waals surface area (Å²) in [7, 11) is 0. The van der Waals surface area contributed by atoms with Gasteiger partial charge >= 0.3 is 0 Å². The zero-order valence-corrected chi connectivity index (χ0v) is 31.4. The molecule has 2 heteroatoms. The van der Waals surface area contributed by atoms with Crippen molar-refractivity contribution in [3.63, 3.8) is 0 Å². The Morgan fingerprint density at radius 3 is 0.978 bits per heavy atom. The summed E-state index contributed by atoms with van der Waals surface area (Å²) < 4.78 is 0. The molecule has 1 aliphatic carbocycles. The van der Waals surface area contributed by atoms with Crippen LogP contribution in [-0.2, 0) is 9.59 Å². The van der Waals surface area contributed by atoms with E-state index in [0.29, 0.717) is 5.92 Å². The third kappa shape index (κ3) is 27.9. The quantitative estimate of drug-likeness (QED) is 0.0504. The zero-order chi connectivity index (χ0) is 33.2. The lowest BCUT2D eigenvalue weighted by molar-refractivity contribution is -0.114.